The molecule has 2 rings (SSSR count). The van der Waals surface area contributed by atoms with Crippen molar-refractivity contribution in [2.75, 3.05) is 13.2 Å². The maximum Gasteiger partial charge on any atom is 0.326 e. The van der Waals surface area contributed by atoms with Crippen LogP contribution in [-0.4, -0.2) is 117 Å². The number of hydrogen-bond donors (Lipinski definition) is 12. The molecular weight excluding hydrogens is 680 g/mol. The lowest BCUT2D eigenvalue weighted by Gasteiger charge is -2.26. The Morgan fingerprint density at radius 3 is 1.98 bits per heavy atom. The lowest BCUT2D eigenvalue weighted by Crippen LogP contribution is -2.60. The minimum absolute atomic E-state index is 0.0146. The topological polar surface area (TPSA) is 329 Å². The van der Waals surface area contributed by atoms with Crippen molar-refractivity contribution in [1.82, 2.24) is 31.6 Å². The highest BCUT2D eigenvalue weighted by Gasteiger charge is 2.32. The molecule has 0 aliphatic rings. The SMILES string of the molecule is CC(C)C[C@H](NC(=O)[C@H](Cc1c[nH]c2ccccc12)NC(=O)[C@H](C)NC(=O)[C@H](CO)NC(=O)[C@H](CCCN=C(N)N)NC(=O)[C@@H](N)[C@@H](C)O)C(=O)O. The van der Waals surface area contributed by atoms with Crippen LogP contribution in [0.4, 0.5) is 0 Å². The number of benzene rings is 1. The Morgan fingerprint density at radius 2 is 1.38 bits per heavy atom. The summed E-state index contributed by atoms with van der Waals surface area (Å²) < 4.78 is 0. The van der Waals surface area contributed by atoms with Crippen molar-refractivity contribution >= 4 is 52.4 Å². The van der Waals surface area contributed by atoms with Crippen LogP contribution in [0.3, 0.4) is 0 Å². The summed E-state index contributed by atoms with van der Waals surface area (Å²) in [6, 6.07) is -0.722. The minimum atomic E-state index is -1.58. The van der Waals surface area contributed by atoms with Crippen LogP contribution in [0.25, 0.3) is 10.9 Å². The number of carbonyl (C=O) groups is 6. The number of nitrogens with two attached hydrogens (primary N) is 3. The van der Waals surface area contributed by atoms with Gasteiger partial charge in [0, 0.05) is 30.1 Å². The summed E-state index contributed by atoms with van der Waals surface area (Å²) in [5.41, 5.74) is 17.8. The monoisotopic (exact) mass is 732 g/mol. The summed E-state index contributed by atoms with van der Waals surface area (Å²) in [5.74, 6) is -5.75. The van der Waals surface area contributed by atoms with E-state index in [1.807, 2.05) is 18.2 Å². The van der Waals surface area contributed by atoms with Crippen LogP contribution in [0.5, 0.6) is 0 Å². The molecule has 2 aromatic rings. The van der Waals surface area contributed by atoms with Crippen LogP contribution >= 0.6 is 0 Å². The number of nitrogens with one attached hydrogen (secondary N) is 6. The first-order valence-electron chi connectivity index (χ1n) is 16.8. The average molecular weight is 733 g/mol. The Bertz CT molecular complexity index is 1570. The van der Waals surface area contributed by atoms with E-state index >= 15 is 0 Å². The highest BCUT2D eigenvalue weighted by molar-refractivity contribution is 5.96. The summed E-state index contributed by atoms with van der Waals surface area (Å²) in [6.07, 6.45) is 0.754. The van der Waals surface area contributed by atoms with Crippen molar-refractivity contribution in [2.24, 2.45) is 28.1 Å². The van der Waals surface area contributed by atoms with Crippen molar-refractivity contribution in [3.63, 3.8) is 0 Å². The molecule has 0 fully saturated rings. The van der Waals surface area contributed by atoms with Gasteiger partial charge in [-0.3, -0.25) is 29.0 Å². The molecule has 0 aliphatic carbocycles. The van der Waals surface area contributed by atoms with Gasteiger partial charge < -0.3 is 64.1 Å². The van der Waals surface area contributed by atoms with Gasteiger partial charge in [-0.2, -0.15) is 0 Å². The molecule has 19 heteroatoms. The average Bonchev–Trinajstić information content (AvgIpc) is 3.49. The number of aliphatic imine (C=N–C) groups is 1. The standard InChI is InChI=1S/C33H52N10O9/c1-16(2)12-24(32(51)52)42-29(48)23(13-19-14-38-21-9-6-5-8-20(19)21)41-27(46)17(3)39-30(49)25(15-44)43-28(47)22(10-7-11-37-33(35)36)40-31(50)26(34)18(4)45/h5-6,8-9,14,16-18,22-26,38,44-45H,7,10-13,15,34H2,1-4H3,(H,39,49)(H,40,50)(H,41,46)(H,42,48)(H,43,47)(H,51,52)(H4,35,36,37)/t17-,18+,22-,23-,24-,25-,26-/m0/s1. The second kappa shape index (κ2) is 20.5. The molecule has 0 aliphatic heterocycles. The predicted molar refractivity (Wildman–Crippen MR) is 191 cm³/mol. The first kappa shape index (κ1) is 42.9. The van der Waals surface area contributed by atoms with E-state index in [9.17, 15) is 44.1 Å². The highest BCUT2D eigenvalue weighted by atomic mass is 16.4. The van der Waals surface area contributed by atoms with Gasteiger partial charge in [0.25, 0.3) is 0 Å². The number of guanidine groups is 1. The van der Waals surface area contributed by atoms with Gasteiger partial charge in [-0.25, -0.2) is 4.79 Å². The summed E-state index contributed by atoms with van der Waals surface area (Å²) in [7, 11) is 0. The van der Waals surface area contributed by atoms with Crippen LogP contribution in [-0.2, 0) is 35.2 Å². The Balaban J connectivity index is 2.20. The van der Waals surface area contributed by atoms with Crippen molar-refractivity contribution in [3.05, 3.63) is 36.0 Å². The van der Waals surface area contributed by atoms with Crippen molar-refractivity contribution in [2.45, 2.75) is 95.7 Å². The molecule has 0 spiro atoms. The van der Waals surface area contributed by atoms with E-state index in [4.69, 9.17) is 17.2 Å². The van der Waals surface area contributed by atoms with Crippen LogP contribution in [0.2, 0.25) is 0 Å². The largest absolute Gasteiger partial charge is 0.480 e. The number of fused-ring (bicyclic) bond motifs is 1. The molecule has 52 heavy (non-hydrogen) atoms. The molecule has 7 atom stereocenters. The van der Waals surface area contributed by atoms with E-state index in [2.05, 4.69) is 36.6 Å². The first-order chi connectivity index (χ1) is 24.4. The summed E-state index contributed by atoms with van der Waals surface area (Å²) in [5, 5.41) is 42.3. The second-order valence-electron chi connectivity index (χ2n) is 12.9. The lowest BCUT2D eigenvalue weighted by atomic mass is 10.0. The zero-order valence-corrected chi connectivity index (χ0v) is 29.7. The van der Waals surface area contributed by atoms with E-state index in [0.29, 0.717) is 5.56 Å². The van der Waals surface area contributed by atoms with Crippen LogP contribution < -0.4 is 43.8 Å². The molecule has 1 aromatic heterocycles. The summed E-state index contributed by atoms with van der Waals surface area (Å²) in [4.78, 5) is 84.5. The molecule has 0 bridgehead atoms. The van der Waals surface area contributed by atoms with Gasteiger partial charge in [-0.1, -0.05) is 32.0 Å². The third-order valence-corrected chi connectivity index (χ3v) is 8.02. The molecule has 288 valence electrons. The lowest BCUT2D eigenvalue weighted by molar-refractivity contribution is -0.142. The van der Waals surface area contributed by atoms with Crippen LogP contribution in [0.15, 0.2) is 35.5 Å². The van der Waals surface area contributed by atoms with Gasteiger partial charge in [-0.15, -0.1) is 0 Å². The Kier molecular flexibility index (Phi) is 16.9. The number of aromatic amines is 1. The van der Waals surface area contributed by atoms with E-state index in [0.717, 1.165) is 10.9 Å². The third kappa shape index (κ3) is 13.5. The fraction of sp³-hybridized carbons (Fsp3) is 0.545. The van der Waals surface area contributed by atoms with Gasteiger partial charge in [0.2, 0.25) is 29.5 Å². The maximum atomic E-state index is 13.5. The van der Waals surface area contributed by atoms with E-state index < -0.39 is 84.5 Å². The Morgan fingerprint density at radius 1 is 0.808 bits per heavy atom. The smallest absolute Gasteiger partial charge is 0.326 e. The molecule has 0 radical (unpaired) electrons. The number of aliphatic carboxylic acids is 1. The first-order valence-corrected chi connectivity index (χ1v) is 16.8. The number of para-hydroxylation sites is 1. The van der Waals surface area contributed by atoms with Gasteiger partial charge in [-0.05, 0) is 50.7 Å². The number of aliphatic hydroxyl groups is 2. The summed E-state index contributed by atoms with van der Waals surface area (Å²) in [6.45, 7) is 5.42. The van der Waals surface area contributed by atoms with Gasteiger partial charge in [0.05, 0.1) is 12.7 Å². The number of amides is 5. The molecule has 1 heterocycles. The molecule has 0 saturated heterocycles. The number of rotatable bonds is 21. The van der Waals surface area contributed by atoms with E-state index in [-0.39, 0.29) is 44.1 Å². The normalized spacial score (nSPS) is 15.2. The number of carboxylic acid groups (broad SMARTS) is 1. The number of carbonyl (C=O) groups excluding carboxylic acids is 5. The highest BCUT2D eigenvalue weighted by Crippen LogP contribution is 2.19. The summed E-state index contributed by atoms with van der Waals surface area (Å²) >= 11 is 0. The number of hydrogen-bond acceptors (Lipinski definition) is 10. The molecule has 0 saturated carbocycles. The number of aliphatic hydroxyl groups excluding tert-OH is 2. The van der Waals surface area contributed by atoms with Crippen LogP contribution in [0.1, 0.15) is 52.5 Å². The van der Waals surface area contributed by atoms with Crippen molar-refractivity contribution < 1.29 is 44.1 Å². The zero-order chi connectivity index (χ0) is 39.1. The minimum Gasteiger partial charge on any atom is -0.480 e. The Labute approximate surface area is 300 Å². The van der Waals surface area contributed by atoms with Crippen LogP contribution in [0, 0.1) is 5.92 Å². The third-order valence-electron chi connectivity index (χ3n) is 8.02. The predicted octanol–water partition coefficient (Wildman–Crippen LogP) is -2.96. The maximum absolute atomic E-state index is 13.5. The molecule has 19 nitrogen and oxygen atoms in total. The van der Waals surface area contributed by atoms with Gasteiger partial charge in [0.1, 0.15) is 36.3 Å². The quantitative estimate of drug-likeness (QED) is 0.0348. The molecule has 1 aromatic carbocycles. The molecule has 5 amide bonds. The van der Waals surface area contributed by atoms with E-state index in [1.165, 1.54) is 13.8 Å². The van der Waals surface area contributed by atoms with E-state index in [1.54, 1.807) is 26.1 Å². The number of carboxylic acids is 1. The Hall–Kier alpha value is -5.27. The zero-order valence-electron chi connectivity index (χ0n) is 29.7. The second-order valence-corrected chi connectivity index (χ2v) is 12.9. The molecular formula is C33H52N10O9. The number of H-pyrrole nitrogens is 1. The molecule has 0 unspecified atom stereocenters. The van der Waals surface area contributed by atoms with Crippen molar-refractivity contribution in [1.29, 1.82) is 0 Å². The van der Waals surface area contributed by atoms with Gasteiger partial charge in [0.15, 0.2) is 5.96 Å². The number of nitrogens with zero attached hydrogens (tertiary/aromatic N) is 1. The fourth-order valence-electron chi connectivity index (χ4n) is 5.10. The van der Waals surface area contributed by atoms with Crippen molar-refractivity contribution in [3.8, 4) is 0 Å². The number of aromatic nitrogens is 1. The molecule has 15 N–H and O–H groups in total. The fourth-order valence-corrected chi connectivity index (χ4v) is 5.10. The van der Waals surface area contributed by atoms with Gasteiger partial charge >= 0.3 is 5.97 Å².